The third-order valence-electron chi connectivity index (χ3n) is 7.19. The first-order chi connectivity index (χ1) is 18.0. The van der Waals surface area contributed by atoms with Crippen molar-refractivity contribution >= 4 is 11.8 Å². The fourth-order valence-electron chi connectivity index (χ4n) is 5.05. The number of benzene rings is 3. The van der Waals surface area contributed by atoms with E-state index in [4.69, 9.17) is 4.74 Å². The molecule has 3 aromatic carbocycles. The van der Waals surface area contributed by atoms with Gasteiger partial charge in [0.15, 0.2) is 0 Å². The summed E-state index contributed by atoms with van der Waals surface area (Å²) in [5.74, 6) is 0.594. The number of hydrogen-bond donors (Lipinski definition) is 1. The molecule has 1 saturated carbocycles. The van der Waals surface area contributed by atoms with Crippen LogP contribution in [-0.2, 0) is 29.0 Å². The van der Waals surface area contributed by atoms with Gasteiger partial charge < -0.3 is 15.0 Å². The second-order valence-corrected chi connectivity index (χ2v) is 10.1. The predicted molar refractivity (Wildman–Crippen MR) is 147 cm³/mol. The van der Waals surface area contributed by atoms with Crippen LogP contribution in [0.15, 0.2) is 78.9 Å². The highest BCUT2D eigenvalue weighted by atomic mass is 16.5. The molecule has 1 atom stereocenters. The molecule has 1 aliphatic carbocycles. The van der Waals surface area contributed by atoms with Crippen LogP contribution >= 0.6 is 0 Å². The van der Waals surface area contributed by atoms with Gasteiger partial charge in [-0.3, -0.25) is 9.59 Å². The molecule has 0 radical (unpaired) electrons. The monoisotopic (exact) mass is 498 g/mol. The van der Waals surface area contributed by atoms with E-state index in [2.05, 4.69) is 5.32 Å². The third-order valence-corrected chi connectivity index (χ3v) is 7.19. The van der Waals surface area contributed by atoms with Crippen molar-refractivity contribution in [1.82, 2.24) is 10.2 Å². The highest BCUT2D eigenvalue weighted by molar-refractivity contribution is 5.89. The van der Waals surface area contributed by atoms with Gasteiger partial charge in [-0.1, -0.05) is 91.6 Å². The Hall–Kier alpha value is -3.60. The number of carbonyl (C=O) groups is 2. The van der Waals surface area contributed by atoms with Crippen LogP contribution in [0.2, 0.25) is 0 Å². The summed E-state index contributed by atoms with van der Waals surface area (Å²) in [6.45, 7) is 2.36. The number of nitrogens with zero attached hydrogens (tertiary/aromatic N) is 1. The summed E-state index contributed by atoms with van der Waals surface area (Å²) in [6, 6.07) is 25.3. The molecular formula is C32H38N2O3. The van der Waals surface area contributed by atoms with E-state index in [1.807, 2.05) is 85.8 Å². The van der Waals surface area contributed by atoms with Crippen LogP contribution < -0.4 is 10.1 Å². The quantitative estimate of drug-likeness (QED) is 0.394. The lowest BCUT2D eigenvalue weighted by molar-refractivity contribution is -0.141. The van der Waals surface area contributed by atoms with Gasteiger partial charge in [-0.25, -0.2) is 0 Å². The number of methoxy groups -OCH3 is 1. The number of carbonyl (C=O) groups excluding carboxylic acids is 2. The fraction of sp³-hybridized carbons (Fsp3) is 0.375. The van der Waals surface area contributed by atoms with Gasteiger partial charge in [-0.05, 0) is 48.6 Å². The molecule has 0 unspecified atom stereocenters. The van der Waals surface area contributed by atoms with Crippen LogP contribution in [0.1, 0.15) is 54.4 Å². The first kappa shape index (κ1) is 26.5. The molecule has 5 heteroatoms. The van der Waals surface area contributed by atoms with Gasteiger partial charge in [0.05, 0.1) is 13.5 Å². The topological polar surface area (TPSA) is 58.6 Å². The molecule has 5 nitrogen and oxygen atoms in total. The summed E-state index contributed by atoms with van der Waals surface area (Å²) in [6.07, 6.45) is 6.18. The maximum absolute atomic E-state index is 13.9. The van der Waals surface area contributed by atoms with E-state index in [0.717, 1.165) is 53.7 Å². The number of ether oxygens (including phenoxy) is 1. The van der Waals surface area contributed by atoms with Crippen LogP contribution in [0.3, 0.4) is 0 Å². The second kappa shape index (κ2) is 13.1. The fourth-order valence-corrected chi connectivity index (χ4v) is 5.05. The maximum Gasteiger partial charge on any atom is 0.243 e. The van der Waals surface area contributed by atoms with Crippen LogP contribution in [-0.4, -0.2) is 35.9 Å². The van der Waals surface area contributed by atoms with Gasteiger partial charge in [0.1, 0.15) is 11.8 Å². The zero-order chi connectivity index (χ0) is 26.0. The highest BCUT2D eigenvalue weighted by Crippen LogP contribution is 2.22. The van der Waals surface area contributed by atoms with E-state index in [9.17, 15) is 9.59 Å². The van der Waals surface area contributed by atoms with E-state index < -0.39 is 6.04 Å². The zero-order valence-electron chi connectivity index (χ0n) is 22.0. The van der Waals surface area contributed by atoms with Gasteiger partial charge in [0.2, 0.25) is 11.8 Å². The van der Waals surface area contributed by atoms with Crippen LogP contribution in [0.5, 0.6) is 5.75 Å². The van der Waals surface area contributed by atoms with Crippen molar-refractivity contribution in [2.75, 3.05) is 7.11 Å². The maximum atomic E-state index is 13.9. The summed E-state index contributed by atoms with van der Waals surface area (Å²) in [5.41, 5.74) is 4.06. The molecule has 0 aliphatic heterocycles. The van der Waals surface area contributed by atoms with E-state index in [-0.39, 0.29) is 24.3 Å². The summed E-state index contributed by atoms with van der Waals surface area (Å²) in [4.78, 5) is 29.5. The molecule has 0 aromatic heterocycles. The van der Waals surface area contributed by atoms with Crippen molar-refractivity contribution in [2.45, 2.75) is 70.5 Å². The Balaban J connectivity index is 1.65. The number of rotatable bonds is 10. The zero-order valence-corrected chi connectivity index (χ0v) is 22.0. The van der Waals surface area contributed by atoms with Crippen molar-refractivity contribution < 1.29 is 14.3 Å². The average molecular weight is 499 g/mol. The minimum Gasteiger partial charge on any atom is -0.497 e. The third kappa shape index (κ3) is 7.69. The molecule has 0 spiro atoms. The van der Waals surface area contributed by atoms with Crippen LogP contribution in [0, 0.1) is 6.92 Å². The lowest BCUT2D eigenvalue weighted by atomic mass is 9.94. The van der Waals surface area contributed by atoms with Gasteiger partial charge in [0, 0.05) is 19.0 Å². The van der Waals surface area contributed by atoms with E-state index in [0.29, 0.717) is 13.0 Å². The van der Waals surface area contributed by atoms with Crippen molar-refractivity contribution in [3.63, 3.8) is 0 Å². The van der Waals surface area contributed by atoms with Gasteiger partial charge in [0.25, 0.3) is 0 Å². The van der Waals surface area contributed by atoms with E-state index in [1.165, 1.54) is 6.42 Å². The Morgan fingerprint density at radius 1 is 0.892 bits per heavy atom. The molecule has 37 heavy (non-hydrogen) atoms. The summed E-state index contributed by atoms with van der Waals surface area (Å²) in [5, 5.41) is 3.30. The largest absolute Gasteiger partial charge is 0.497 e. The Morgan fingerprint density at radius 2 is 1.59 bits per heavy atom. The lowest BCUT2D eigenvalue weighted by Crippen LogP contribution is -2.53. The molecular weight excluding hydrogens is 460 g/mol. The first-order valence-electron chi connectivity index (χ1n) is 13.3. The number of amides is 2. The standard InChI is InChI=1S/C32H38N2O3/c1-24-16-18-26(19-17-24)22-31(35)34(23-27-12-9-15-29(20-27)37-2)30(21-25-10-5-3-6-11-25)32(36)33-28-13-7-4-8-14-28/h3,5-6,9-12,15-20,28,30H,4,7-8,13-14,21-23H2,1-2H3,(H,33,36)/t30-/m1/s1. The number of nitrogens with one attached hydrogen (secondary N) is 1. The Morgan fingerprint density at radius 3 is 2.30 bits per heavy atom. The Bertz CT molecular complexity index is 1150. The predicted octanol–water partition coefficient (Wildman–Crippen LogP) is 5.64. The molecule has 0 heterocycles. The van der Waals surface area contributed by atoms with Gasteiger partial charge in [-0.15, -0.1) is 0 Å². The molecule has 1 N–H and O–H groups in total. The Labute approximate surface area is 220 Å². The summed E-state index contributed by atoms with van der Waals surface area (Å²) >= 11 is 0. The molecule has 194 valence electrons. The minimum absolute atomic E-state index is 0.0635. The lowest BCUT2D eigenvalue weighted by Gasteiger charge is -2.33. The van der Waals surface area contributed by atoms with Crippen molar-refractivity contribution in [2.24, 2.45) is 0 Å². The summed E-state index contributed by atoms with van der Waals surface area (Å²) < 4.78 is 5.43. The van der Waals surface area contributed by atoms with Crippen molar-refractivity contribution in [1.29, 1.82) is 0 Å². The van der Waals surface area contributed by atoms with Crippen LogP contribution in [0.4, 0.5) is 0 Å². The highest BCUT2D eigenvalue weighted by Gasteiger charge is 2.32. The molecule has 1 aliphatic rings. The SMILES string of the molecule is COc1cccc(CN(C(=O)Cc2ccc(C)cc2)[C@H](Cc2ccccc2)C(=O)NC2CCCCC2)c1. The molecule has 3 aromatic rings. The molecule has 0 saturated heterocycles. The van der Waals surface area contributed by atoms with Crippen molar-refractivity contribution in [3.05, 3.63) is 101 Å². The average Bonchev–Trinajstić information content (AvgIpc) is 2.93. The van der Waals surface area contributed by atoms with Crippen molar-refractivity contribution in [3.8, 4) is 5.75 Å². The molecule has 1 fully saturated rings. The van der Waals surface area contributed by atoms with E-state index in [1.54, 1.807) is 12.0 Å². The first-order valence-corrected chi connectivity index (χ1v) is 13.3. The normalized spacial score (nSPS) is 14.5. The number of hydrogen-bond acceptors (Lipinski definition) is 3. The minimum atomic E-state index is -0.617. The van der Waals surface area contributed by atoms with Crippen LogP contribution in [0.25, 0.3) is 0 Å². The summed E-state index contributed by atoms with van der Waals surface area (Å²) in [7, 11) is 1.63. The molecule has 2 amide bonds. The smallest absolute Gasteiger partial charge is 0.243 e. The Kier molecular flexibility index (Phi) is 9.36. The molecule has 0 bridgehead atoms. The second-order valence-electron chi connectivity index (χ2n) is 10.1. The van der Waals surface area contributed by atoms with Gasteiger partial charge in [-0.2, -0.15) is 0 Å². The molecule has 4 rings (SSSR count). The number of aryl methyl sites for hydroxylation is 1. The van der Waals surface area contributed by atoms with Gasteiger partial charge >= 0.3 is 0 Å². The van der Waals surface area contributed by atoms with E-state index >= 15 is 0 Å².